The van der Waals surface area contributed by atoms with Crippen LogP contribution in [0.3, 0.4) is 0 Å². The van der Waals surface area contributed by atoms with Crippen LogP contribution in [-0.4, -0.2) is 13.0 Å². The lowest BCUT2D eigenvalue weighted by atomic mass is 10.1. The van der Waals surface area contributed by atoms with Gasteiger partial charge in [-0.05, 0) is 42.8 Å². The van der Waals surface area contributed by atoms with Gasteiger partial charge in [-0.25, -0.2) is 0 Å². The molecule has 0 aliphatic carbocycles. The van der Waals surface area contributed by atoms with Crippen molar-refractivity contribution >= 4 is 17.5 Å². The lowest BCUT2D eigenvalue weighted by Gasteiger charge is -2.14. The van der Waals surface area contributed by atoms with Crippen molar-refractivity contribution in [3.63, 3.8) is 0 Å². The Balaban J connectivity index is 2.08. The lowest BCUT2D eigenvalue weighted by Crippen LogP contribution is -2.26. The van der Waals surface area contributed by atoms with Crippen LogP contribution in [-0.2, 0) is 0 Å². The van der Waals surface area contributed by atoms with Crippen LogP contribution in [0.15, 0.2) is 48.5 Å². The predicted octanol–water partition coefficient (Wildman–Crippen LogP) is 3.84. The molecule has 4 heteroatoms. The lowest BCUT2D eigenvalue weighted by molar-refractivity contribution is 0.0939. The summed E-state index contributed by atoms with van der Waals surface area (Å²) in [5, 5.41) is 3.63. The number of benzene rings is 2. The van der Waals surface area contributed by atoms with Crippen LogP contribution in [0.4, 0.5) is 0 Å². The van der Waals surface area contributed by atoms with Gasteiger partial charge in [-0.3, -0.25) is 4.79 Å². The molecule has 0 fully saturated rings. The Bertz CT molecular complexity index is 596. The third-order valence-electron chi connectivity index (χ3n) is 3.05. The molecule has 1 amide bonds. The van der Waals surface area contributed by atoms with E-state index in [1.807, 2.05) is 31.2 Å². The van der Waals surface area contributed by atoms with E-state index in [0.29, 0.717) is 16.3 Å². The standard InChI is InChI=1S/C16H16ClNO2/c1-11(12-6-8-14(17)9-7-12)18-16(19)13-4-3-5-15(10-13)20-2/h3-11H,1-2H3,(H,18,19). The maximum absolute atomic E-state index is 12.2. The highest BCUT2D eigenvalue weighted by Crippen LogP contribution is 2.17. The van der Waals surface area contributed by atoms with Gasteiger partial charge in [-0.15, -0.1) is 0 Å². The van der Waals surface area contributed by atoms with Crippen LogP contribution >= 0.6 is 11.6 Å². The largest absolute Gasteiger partial charge is 0.497 e. The summed E-state index contributed by atoms with van der Waals surface area (Å²) in [6.45, 7) is 1.93. The maximum Gasteiger partial charge on any atom is 0.251 e. The van der Waals surface area contributed by atoms with Crippen LogP contribution in [0.2, 0.25) is 5.02 Å². The molecular formula is C16H16ClNO2. The van der Waals surface area contributed by atoms with Gasteiger partial charge in [-0.2, -0.15) is 0 Å². The molecule has 1 atom stereocenters. The summed E-state index contributed by atoms with van der Waals surface area (Å²) in [4.78, 5) is 12.2. The second-order valence-corrected chi connectivity index (χ2v) is 4.92. The van der Waals surface area contributed by atoms with Gasteiger partial charge in [-0.1, -0.05) is 29.8 Å². The monoisotopic (exact) mass is 289 g/mol. The van der Waals surface area contributed by atoms with E-state index < -0.39 is 0 Å². The summed E-state index contributed by atoms with van der Waals surface area (Å²) in [6, 6.07) is 14.4. The van der Waals surface area contributed by atoms with Crippen molar-refractivity contribution in [3.8, 4) is 5.75 Å². The van der Waals surface area contributed by atoms with Crippen LogP contribution in [0.25, 0.3) is 0 Å². The molecule has 0 aliphatic heterocycles. The molecule has 1 unspecified atom stereocenters. The normalized spacial score (nSPS) is 11.8. The Labute approximate surface area is 123 Å². The Morgan fingerprint density at radius 3 is 2.55 bits per heavy atom. The number of nitrogens with one attached hydrogen (secondary N) is 1. The molecule has 2 aromatic rings. The van der Waals surface area contributed by atoms with E-state index in [1.54, 1.807) is 31.4 Å². The molecule has 0 aromatic heterocycles. The van der Waals surface area contributed by atoms with E-state index in [0.717, 1.165) is 5.56 Å². The quantitative estimate of drug-likeness (QED) is 0.929. The highest BCUT2D eigenvalue weighted by molar-refractivity contribution is 6.30. The van der Waals surface area contributed by atoms with Crippen molar-refractivity contribution in [2.75, 3.05) is 7.11 Å². The van der Waals surface area contributed by atoms with Crippen LogP contribution in [0, 0.1) is 0 Å². The van der Waals surface area contributed by atoms with Crippen LogP contribution < -0.4 is 10.1 Å². The van der Waals surface area contributed by atoms with E-state index in [1.165, 1.54) is 0 Å². The number of methoxy groups -OCH3 is 1. The Hall–Kier alpha value is -2.00. The summed E-state index contributed by atoms with van der Waals surface area (Å²) in [7, 11) is 1.58. The molecule has 1 N–H and O–H groups in total. The zero-order valence-corrected chi connectivity index (χ0v) is 12.1. The number of ether oxygens (including phenoxy) is 1. The predicted molar refractivity (Wildman–Crippen MR) is 80.3 cm³/mol. The first kappa shape index (κ1) is 14.4. The number of halogens is 1. The molecule has 104 valence electrons. The maximum atomic E-state index is 12.2. The molecule has 0 spiro atoms. The first-order chi connectivity index (χ1) is 9.60. The molecule has 0 heterocycles. The SMILES string of the molecule is COc1cccc(C(=O)NC(C)c2ccc(Cl)cc2)c1. The molecule has 2 rings (SSSR count). The van der Waals surface area contributed by atoms with Crippen molar-refractivity contribution in [2.45, 2.75) is 13.0 Å². The number of carbonyl (C=O) groups is 1. The van der Waals surface area contributed by atoms with Gasteiger partial charge in [0.05, 0.1) is 13.2 Å². The second-order valence-electron chi connectivity index (χ2n) is 4.48. The van der Waals surface area contributed by atoms with Gasteiger partial charge < -0.3 is 10.1 Å². The number of carbonyl (C=O) groups excluding carboxylic acids is 1. The van der Waals surface area contributed by atoms with Crippen LogP contribution in [0.5, 0.6) is 5.75 Å². The first-order valence-electron chi connectivity index (χ1n) is 6.30. The molecule has 0 aliphatic rings. The highest BCUT2D eigenvalue weighted by atomic mass is 35.5. The first-order valence-corrected chi connectivity index (χ1v) is 6.68. The third kappa shape index (κ3) is 3.52. The molecule has 2 aromatic carbocycles. The third-order valence-corrected chi connectivity index (χ3v) is 3.30. The Morgan fingerprint density at radius 1 is 1.20 bits per heavy atom. The number of hydrogen-bond acceptors (Lipinski definition) is 2. The van der Waals surface area contributed by atoms with E-state index >= 15 is 0 Å². The smallest absolute Gasteiger partial charge is 0.251 e. The van der Waals surface area contributed by atoms with E-state index in [9.17, 15) is 4.79 Å². The Morgan fingerprint density at radius 2 is 1.90 bits per heavy atom. The van der Waals surface area contributed by atoms with Gasteiger partial charge >= 0.3 is 0 Å². The minimum absolute atomic E-state index is 0.0917. The van der Waals surface area contributed by atoms with Crippen molar-refractivity contribution in [3.05, 3.63) is 64.7 Å². The van der Waals surface area contributed by atoms with E-state index in [2.05, 4.69) is 5.32 Å². The molecular weight excluding hydrogens is 274 g/mol. The van der Waals surface area contributed by atoms with Crippen molar-refractivity contribution in [2.24, 2.45) is 0 Å². The van der Waals surface area contributed by atoms with Crippen LogP contribution in [0.1, 0.15) is 28.9 Å². The fourth-order valence-corrected chi connectivity index (χ4v) is 2.01. The zero-order chi connectivity index (χ0) is 14.5. The van der Waals surface area contributed by atoms with Crippen molar-refractivity contribution in [1.29, 1.82) is 0 Å². The van der Waals surface area contributed by atoms with Crippen molar-refractivity contribution < 1.29 is 9.53 Å². The Kier molecular flexibility index (Phi) is 4.64. The molecule has 0 saturated heterocycles. The second kappa shape index (κ2) is 6.44. The molecule has 0 saturated carbocycles. The molecule has 0 radical (unpaired) electrons. The van der Waals surface area contributed by atoms with E-state index in [-0.39, 0.29) is 11.9 Å². The zero-order valence-electron chi connectivity index (χ0n) is 11.4. The molecule has 20 heavy (non-hydrogen) atoms. The number of hydrogen-bond donors (Lipinski definition) is 1. The van der Waals surface area contributed by atoms with Gasteiger partial charge in [0.25, 0.3) is 5.91 Å². The highest BCUT2D eigenvalue weighted by Gasteiger charge is 2.11. The fraction of sp³-hybridized carbons (Fsp3) is 0.188. The minimum Gasteiger partial charge on any atom is -0.497 e. The summed E-state index contributed by atoms with van der Waals surface area (Å²) in [5.74, 6) is 0.531. The summed E-state index contributed by atoms with van der Waals surface area (Å²) >= 11 is 5.85. The molecule has 3 nitrogen and oxygen atoms in total. The topological polar surface area (TPSA) is 38.3 Å². The van der Waals surface area contributed by atoms with Gasteiger partial charge in [0.1, 0.15) is 5.75 Å². The van der Waals surface area contributed by atoms with Gasteiger partial charge in [0.15, 0.2) is 0 Å². The van der Waals surface area contributed by atoms with E-state index in [4.69, 9.17) is 16.3 Å². The van der Waals surface area contributed by atoms with Crippen molar-refractivity contribution in [1.82, 2.24) is 5.32 Å². The number of rotatable bonds is 4. The minimum atomic E-state index is -0.133. The fourth-order valence-electron chi connectivity index (χ4n) is 1.88. The van der Waals surface area contributed by atoms with Gasteiger partial charge in [0, 0.05) is 10.6 Å². The summed E-state index contributed by atoms with van der Waals surface area (Å²) in [5.41, 5.74) is 1.58. The van der Waals surface area contributed by atoms with Gasteiger partial charge in [0.2, 0.25) is 0 Å². The summed E-state index contributed by atoms with van der Waals surface area (Å²) < 4.78 is 5.11. The number of amides is 1. The average molecular weight is 290 g/mol. The average Bonchev–Trinajstić information content (AvgIpc) is 2.47. The molecule has 0 bridgehead atoms. The summed E-state index contributed by atoms with van der Waals surface area (Å²) in [6.07, 6.45) is 0.